The number of aliphatic hydroxyl groups excluding tert-OH is 1. The Hall–Kier alpha value is -6.47. The van der Waals surface area contributed by atoms with Crippen molar-refractivity contribution in [2.75, 3.05) is 38.5 Å². The van der Waals surface area contributed by atoms with Crippen LogP contribution in [0.4, 0.5) is 5.82 Å². The largest absolute Gasteiger partial charge is 0.490 e. The van der Waals surface area contributed by atoms with Crippen LogP contribution in [0.15, 0.2) is 40.6 Å². The lowest BCUT2D eigenvalue weighted by atomic mass is 9.85. The predicted molar refractivity (Wildman–Crippen MR) is 279 cm³/mol. The molecule has 1 aliphatic heterocycles. The average Bonchev–Trinajstić information content (AvgIpc) is 4.16. The fraction of sp³-hybridized carbons (Fsp3) is 0.558. The summed E-state index contributed by atoms with van der Waals surface area (Å²) in [5, 5.41) is 40.7. The van der Waals surface area contributed by atoms with Crippen LogP contribution in [0.5, 0.6) is 5.75 Å². The molecular formula is C52H72N12O8S. The number of imidazole rings is 1. The number of ether oxygens (including phenoxy) is 1. The second-order valence-electron chi connectivity index (χ2n) is 20.0. The predicted octanol–water partition coefficient (Wildman–Crippen LogP) is 5.04. The van der Waals surface area contributed by atoms with E-state index in [0.717, 1.165) is 47.4 Å². The average molecular weight is 1030 g/mol. The van der Waals surface area contributed by atoms with E-state index in [4.69, 9.17) is 20.1 Å². The summed E-state index contributed by atoms with van der Waals surface area (Å²) >= 11 is 1.58. The molecule has 4 aromatic heterocycles. The number of amides is 4. The van der Waals surface area contributed by atoms with Crippen molar-refractivity contribution in [3.05, 3.63) is 52.9 Å². The summed E-state index contributed by atoms with van der Waals surface area (Å²) in [6.07, 6.45) is 7.04. The number of nitrogens with one attached hydrogen (secondary N) is 4. The van der Waals surface area contributed by atoms with E-state index in [1.165, 1.54) is 4.90 Å². The molecule has 5 aromatic rings. The quantitative estimate of drug-likeness (QED) is 0.0298. The number of pyridine rings is 1. The zero-order valence-corrected chi connectivity index (χ0v) is 44.0. The molecule has 1 fully saturated rings. The summed E-state index contributed by atoms with van der Waals surface area (Å²) < 4.78 is 12.9. The first-order chi connectivity index (χ1) is 34.8. The first kappa shape index (κ1) is 55.8. The highest BCUT2D eigenvalue weighted by Crippen LogP contribution is 2.34. The molecule has 21 heteroatoms. The first-order valence-corrected chi connectivity index (χ1v) is 26.1. The highest BCUT2D eigenvalue weighted by molar-refractivity contribution is 7.13. The van der Waals surface area contributed by atoms with Crippen LogP contribution in [0, 0.1) is 24.2 Å². The second-order valence-corrected chi connectivity index (χ2v) is 20.9. The number of unbranched alkanes of at least 4 members (excludes halogenated alkanes) is 4. The molecule has 394 valence electrons. The lowest BCUT2D eigenvalue weighted by molar-refractivity contribution is -0.144. The zero-order chi connectivity index (χ0) is 52.7. The number of rotatable bonds is 25. The topological polar surface area (TPSA) is 278 Å². The van der Waals surface area contributed by atoms with Crippen LogP contribution in [-0.4, -0.2) is 125 Å². The number of anilines is 1. The number of nitrogens with zero attached hydrogens (tertiary/aromatic N) is 7. The van der Waals surface area contributed by atoms with Gasteiger partial charge < -0.3 is 51.4 Å². The van der Waals surface area contributed by atoms with Crippen LogP contribution in [0.1, 0.15) is 123 Å². The summed E-state index contributed by atoms with van der Waals surface area (Å²) in [5.41, 5.74) is 10.7. The second kappa shape index (κ2) is 26.0. The van der Waals surface area contributed by atoms with E-state index in [-0.39, 0.29) is 61.1 Å². The fourth-order valence-electron chi connectivity index (χ4n) is 8.51. The van der Waals surface area contributed by atoms with Crippen molar-refractivity contribution in [2.24, 2.45) is 5.41 Å². The van der Waals surface area contributed by atoms with Crippen molar-refractivity contribution in [1.29, 1.82) is 0 Å². The van der Waals surface area contributed by atoms with E-state index in [0.29, 0.717) is 86.8 Å². The van der Waals surface area contributed by atoms with Crippen molar-refractivity contribution in [2.45, 2.75) is 150 Å². The maximum absolute atomic E-state index is 14.0. The third kappa shape index (κ3) is 15.8. The Morgan fingerprint density at radius 3 is 2.36 bits per heavy atom. The van der Waals surface area contributed by atoms with Crippen molar-refractivity contribution < 1.29 is 38.8 Å². The smallest absolute Gasteiger partial charge is 0.246 e. The maximum atomic E-state index is 14.0. The molecule has 73 heavy (non-hydrogen) atoms. The third-order valence-corrected chi connectivity index (χ3v) is 13.4. The van der Waals surface area contributed by atoms with Crippen LogP contribution in [0.2, 0.25) is 0 Å². The molecule has 0 bridgehead atoms. The van der Waals surface area contributed by atoms with Crippen LogP contribution >= 0.6 is 11.3 Å². The number of fused-ring (bicyclic) bond motifs is 1. The number of benzene rings is 1. The number of β-amino-alcohol motifs (C(OH)–C–C–N with tert-alkyl or cyclic N) is 1. The number of aromatic nitrogens is 6. The van der Waals surface area contributed by atoms with E-state index >= 15 is 0 Å². The molecule has 0 aliphatic carbocycles. The molecule has 4 amide bonds. The van der Waals surface area contributed by atoms with Crippen LogP contribution in [-0.2, 0) is 32.3 Å². The first-order valence-electron chi connectivity index (χ1n) is 25.2. The number of nitrogen functional groups attached to an aromatic ring is 1. The molecule has 0 saturated carbocycles. The van der Waals surface area contributed by atoms with Crippen molar-refractivity contribution >= 4 is 51.8 Å². The van der Waals surface area contributed by atoms with E-state index < -0.39 is 29.2 Å². The number of carbonyl (C=O) groups excluding carboxylic acids is 4. The van der Waals surface area contributed by atoms with Gasteiger partial charge in [-0.25, -0.2) is 19.6 Å². The standard InChI is InChI=1S/C52H72N12O8S/c1-8-63-44-39(30-56-37(22-23-52(6,7)70)42(44)60-48(63)43-47(53)62-72-61-43)71-27-15-25-54-24-14-17-40(66)55-26-13-11-9-10-12-16-41(67)59-46(51(3,4)5)50(69)64-31-36(65)28-38(64)49(68)57-29-34-18-20-35(21-19-34)45-33(2)58-32-73-45/h18-21,30,32,36,38,46,54,65,70H,8-17,24-29,31H2,1-7H3,(H2,53,62)(H,55,66)(H,57,68)(H,59,67)/t36-,38+,46-/m1/s1. The molecule has 5 heterocycles. The Kier molecular flexibility index (Phi) is 19.9. The van der Waals surface area contributed by atoms with Gasteiger partial charge in [-0.2, -0.15) is 0 Å². The summed E-state index contributed by atoms with van der Waals surface area (Å²) in [5.74, 6) is 5.80. The van der Waals surface area contributed by atoms with Gasteiger partial charge >= 0.3 is 0 Å². The normalized spacial score (nSPS) is 15.2. The van der Waals surface area contributed by atoms with Crippen molar-refractivity contribution in [3.63, 3.8) is 0 Å². The summed E-state index contributed by atoms with van der Waals surface area (Å²) in [6, 6.07) is 6.16. The van der Waals surface area contributed by atoms with E-state index in [9.17, 15) is 29.4 Å². The van der Waals surface area contributed by atoms with Gasteiger partial charge in [-0.1, -0.05) is 70.2 Å². The van der Waals surface area contributed by atoms with E-state index in [1.807, 2.05) is 69.0 Å². The molecular weight excluding hydrogens is 953 g/mol. The number of carbonyl (C=O) groups is 4. The van der Waals surface area contributed by atoms with Crippen LogP contribution in [0.3, 0.4) is 0 Å². The summed E-state index contributed by atoms with van der Waals surface area (Å²) in [4.78, 5) is 69.2. The minimum atomic E-state index is -1.23. The van der Waals surface area contributed by atoms with Gasteiger partial charge in [-0.15, -0.1) is 11.3 Å². The number of hydrogen-bond acceptors (Lipinski definition) is 16. The van der Waals surface area contributed by atoms with Crippen LogP contribution in [0.25, 0.3) is 33.0 Å². The molecule has 1 aliphatic rings. The van der Waals surface area contributed by atoms with E-state index in [2.05, 4.69) is 53.4 Å². The minimum Gasteiger partial charge on any atom is -0.490 e. The van der Waals surface area contributed by atoms with Gasteiger partial charge in [-0.05, 0) is 99.2 Å². The van der Waals surface area contributed by atoms with Gasteiger partial charge in [-0.3, -0.25) is 19.2 Å². The van der Waals surface area contributed by atoms with E-state index in [1.54, 1.807) is 31.4 Å². The van der Waals surface area contributed by atoms with Crippen molar-refractivity contribution in [1.82, 2.24) is 56.0 Å². The Balaban J connectivity index is 0.827. The molecule has 0 spiro atoms. The van der Waals surface area contributed by atoms with Gasteiger partial charge in [0.05, 0.1) is 35.0 Å². The van der Waals surface area contributed by atoms with Gasteiger partial charge in [0.1, 0.15) is 34.4 Å². The molecule has 1 aromatic carbocycles. The molecule has 0 radical (unpaired) electrons. The number of aryl methyl sites for hydroxylation is 2. The molecule has 8 N–H and O–H groups in total. The number of aliphatic hydroxyl groups is 2. The Morgan fingerprint density at radius 1 is 0.945 bits per heavy atom. The number of nitrogens with two attached hydrogens (primary N) is 1. The summed E-state index contributed by atoms with van der Waals surface area (Å²) in [7, 11) is 0. The van der Waals surface area contributed by atoms with Crippen LogP contribution < -0.4 is 31.7 Å². The van der Waals surface area contributed by atoms with Gasteiger partial charge in [0.2, 0.25) is 23.6 Å². The molecule has 3 atom stereocenters. The fourth-order valence-corrected chi connectivity index (χ4v) is 9.32. The van der Waals surface area contributed by atoms with Crippen molar-refractivity contribution in [3.8, 4) is 39.5 Å². The number of likely N-dealkylation sites (tertiary alicyclic amines) is 1. The molecule has 6 rings (SSSR count). The monoisotopic (exact) mass is 1020 g/mol. The minimum absolute atomic E-state index is 0.00608. The lowest BCUT2D eigenvalue weighted by Gasteiger charge is -2.35. The summed E-state index contributed by atoms with van der Waals surface area (Å²) in [6.45, 7) is 15.8. The Bertz CT molecular complexity index is 2710. The van der Waals surface area contributed by atoms with Gasteiger partial charge in [0.15, 0.2) is 23.1 Å². The van der Waals surface area contributed by atoms with Gasteiger partial charge in [0, 0.05) is 45.4 Å². The highest BCUT2D eigenvalue weighted by Gasteiger charge is 2.44. The highest BCUT2D eigenvalue weighted by atomic mass is 32.1. The lowest BCUT2D eigenvalue weighted by Crippen LogP contribution is -2.57. The molecule has 0 unspecified atom stereocenters. The Labute approximate surface area is 431 Å². The molecule has 1 saturated heterocycles. The van der Waals surface area contributed by atoms with Gasteiger partial charge in [0.25, 0.3) is 0 Å². The number of thiazole rings is 1. The SMILES string of the molecule is CCn1c(-c2nonc2N)nc2c(C#CC(C)(C)O)ncc(OCCCNCCCC(=O)NCCCCCCCC(=O)N[C@H](C(=O)N3C[C@H](O)C[C@H]3C(=O)NCc3ccc(-c4scnc4C)cc3)C(C)(C)C)c21. The Morgan fingerprint density at radius 2 is 1.67 bits per heavy atom. The molecule has 20 nitrogen and oxygen atoms in total. The maximum Gasteiger partial charge on any atom is 0.246 e. The zero-order valence-electron chi connectivity index (χ0n) is 43.2. The third-order valence-electron chi connectivity index (χ3n) is 12.4. The number of hydrogen-bond donors (Lipinski definition) is 7.